The second-order valence-electron chi connectivity index (χ2n) is 3.82. The van der Waals surface area contributed by atoms with Gasteiger partial charge in [0.15, 0.2) is 0 Å². The van der Waals surface area contributed by atoms with Gasteiger partial charge >= 0.3 is 0 Å². The van der Waals surface area contributed by atoms with Crippen molar-refractivity contribution in [2.45, 2.75) is 58.5 Å². The average Bonchev–Trinajstić information content (AvgIpc) is 2.17. The van der Waals surface area contributed by atoms with Crippen molar-refractivity contribution in [1.29, 1.82) is 0 Å². The summed E-state index contributed by atoms with van der Waals surface area (Å²) in [6, 6.07) is 0. The molecule has 0 heterocycles. The topological polar surface area (TPSA) is 18.5 Å². The van der Waals surface area contributed by atoms with E-state index in [0.29, 0.717) is 6.10 Å². The van der Waals surface area contributed by atoms with Gasteiger partial charge in [-0.3, -0.25) is 0 Å². The molecule has 0 saturated carbocycles. The van der Waals surface area contributed by atoms with Gasteiger partial charge in [0, 0.05) is 20.3 Å². The zero-order chi connectivity index (χ0) is 10.6. The molecule has 1 unspecified atom stereocenters. The quantitative estimate of drug-likeness (QED) is 0.505. The highest BCUT2D eigenvalue weighted by molar-refractivity contribution is 4.51. The van der Waals surface area contributed by atoms with Crippen molar-refractivity contribution in [2.24, 2.45) is 0 Å². The van der Waals surface area contributed by atoms with E-state index < -0.39 is 0 Å². The predicted molar refractivity (Wildman–Crippen MR) is 60.7 cm³/mol. The van der Waals surface area contributed by atoms with E-state index in [1.807, 2.05) is 0 Å². The molecule has 0 amide bonds. The maximum atomic E-state index is 5.47. The third kappa shape index (κ3) is 10.0. The van der Waals surface area contributed by atoms with Crippen LogP contribution in [0, 0.1) is 0 Å². The van der Waals surface area contributed by atoms with Crippen LogP contribution in [-0.2, 0) is 9.47 Å². The number of hydrogen-bond donors (Lipinski definition) is 0. The van der Waals surface area contributed by atoms with Gasteiger partial charge in [-0.2, -0.15) is 0 Å². The molecule has 0 aliphatic heterocycles. The summed E-state index contributed by atoms with van der Waals surface area (Å²) in [5, 5.41) is 0. The van der Waals surface area contributed by atoms with E-state index >= 15 is 0 Å². The van der Waals surface area contributed by atoms with Crippen molar-refractivity contribution in [3.63, 3.8) is 0 Å². The molecule has 0 aromatic carbocycles. The maximum Gasteiger partial charge on any atom is 0.0546 e. The highest BCUT2D eigenvalue weighted by Gasteiger charge is 1.99. The van der Waals surface area contributed by atoms with E-state index in [-0.39, 0.29) is 0 Å². The van der Waals surface area contributed by atoms with Gasteiger partial charge in [-0.1, -0.05) is 25.7 Å². The lowest BCUT2D eigenvalue weighted by Crippen LogP contribution is -2.07. The van der Waals surface area contributed by atoms with Crippen LogP contribution in [-0.4, -0.2) is 26.4 Å². The zero-order valence-electron chi connectivity index (χ0n) is 10.1. The Morgan fingerprint density at radius 2 is 1.64 bits per heavy atom. The Morgan fingerprint density at radius 3 is 2.29 bits per heavy atom. The lowest BCUT2D eigenvalue weighted by molar-refractivity contribution is 0.0683. The molecule has 0 N–H and O–H groups in total. The van der Waals surface area contributed by atoms with E-state index in [2.05, 4.69) is 13.8 Å². The van der Waals surface area contributed by atoms with Gasteiger partial charge in [0.2, 0.25) is 0 Å². The molecule has 0 aliphatic rings. The van der Waals surface area contributed by atoms with Gasteiger partial charge in [0.25, 0.3) is 0 Å². The molecule has 0 spiro atoms. The summed E-state index contributed by atoms with van der Waals surface area (Å²) in [5.41, 5.74) is 0. The fraction of sp³-hybridized carbons (Fsp3) is 1.00. The van der Waals surface area contributed by atoms with E-state index in [1.165, 1.54) is 38.5 Å². The van der Waals surface area contributed by atoms with Crippen molar-refractivity contribution in [3.05, 3.63) is 0 Å². The van der Waals surface area contributed by atoms with Crippen LogP contribution in [0.25, 0.3) is 0 Å². The van der Waals surface area contributed by atoms with Crippen molar-refractivity contribution in [2.75, 3.05) is 20.3 Å². The van der Waals surface area contributed by atoms with E-state index in [1.54, 1.807) is 7.11 Å². The Hall–Kier alpha value is -0.0800. The first kappa shape index (κ1) is 13.9. The molecule has 0 rings (SSSR count). The first-order valence-electron chi connectivity index (χ1n) is 5.91. The van der Waals surface area contributed by atoms with Crippen LogP contribution in [0.3, 0.4) is 0 Å². The molecule has 1 atom stereocenters. The number of unbranched alkanes of at least 4 members (excludes halogenated alkanes) is 4. The van der Waals surface area contributed by atoms with Crippen molar-refractivity contribution >= 4 is 0 Å². The normalized spacial score (nSPS) is 13.1. The fourth-order valence-electron chi connectivity index (χ4n) is 1.58. The predicted octanol–water partition coefficient (Wildman–Crippen LogP) is 3.40. The molecule has 0 saturated heterocycles. The van der Waals surface area contributed by atoms with Gasteiger partial charge in [-0.05, 0) is 26.7 Å². The minimum Gasteiger partial charge on any atom is -0.385 e. The average molecular weight is 202 g/mol. The molecule has 0 fully saturated rings. The monoisotopic (exact) mass is 202 g/mol. The Kier molecular flexibility index (Phi) is 10.9. The summed E-state index contributed by atoms with van der Waals surface area (Å²) in [6.45, 7) is 5.97. The molecule has 86 valence electrons. The Bertz CT molecular complexity index is 104. The molecular formula is C12H26O2. The summed E-state index contributed by atoms with van der Waals surface area (Å²) in [7, 11) is 1.77. The zero-order valence-corrected chi connectivity index (χ0v) is 10.1. The lowest BCUT2D eigenvalue weighted by atomic mass is 10.1. The largest absolute Gasteiger partial charge is 0.385 e. The second-order valence-corrected chi connectivity index (χ2v) is 3.82. The first-order valence-corrected chi connectivity index (χ1v) is 5.91. The Balaban J connectivity index is 2.98. The van der Waals surface area contributed by atoms with Gasteiger partial charge < -0.3 is 9.47 Å². The third-order valence-electron chi connectivity index (χ3n) is 2.41. The van der Waals surface area contributed by atoms with Crippen molar-refractivity contribution in [1.82, 2.24) is 0 Å². The lowest BCUT2D eigenvalue weighted by Gasteiger charge is -2.10. The summed E-state index contributed by atoms with van der Waals surface area (Å²) in [5.74, 6) is 0. The van der Waals surface area contributed by atoms with Gasteiger partial charge in [0.05, 0.1) is 6.10 Å². The highest BCUT2D eigenvalue weighted by Crippen LogP contribution is 2.09. The van der Waals surface area contributed by atoms with Gasteiger partial charge in [0.1, 0.15) is 0 Å². The van der Waals surface area contributed by atoms with E-state index in [9.17, 15) is 0 Å². The number of ether oxygens (including phenoxy) is 2. The fourth-order valence-corrected chi connectivity index (χ4v) is 1.58. The molecule has 2 nitrogen and oxygen atoms in total. The number of hydrogen-bond acceptors (Lipinski definition) is 2. The molecule has 0 radical (unpaired) electrons. The smallest absolute Gasteiger partial charge is 0.0546 e. The summed E-state index contributed by atoms with van der Waals surface area (Å²) >= 11 is 0. The maximum absolute atomic E-state index is 5.47. The minimum atomic E-state index is 0.443. The minimum absolute atomic E-state index is 0.443. The third-order valence-corrected chi connectivity index (χ3v) is 2.41. The van der Waals surface area contributed by atoms with Crippen LogP contribution in [0.2, 0.25) is 0 Å². The molecule has 0 aliphatic carbocycles. The van der Waals surface area contributed by atoms with Crippen molar-refractivity contribution < 1.29 is 9.47 Å². The molecule has 0 bridgehead atoms. The molecule has 2 heteroatoms. The first-order chi connectivity index (χ1) is 6.81. The number of rotatable bonds is 10. The van der Waals surface area contributed by atoms with Gasteiger partial charge in [-0.25, -0.2) is 0 Å². The van der Waals surface area contributed by atoms with E-state index in [4.69, 9.17) is 9.47 Å². The second kappa shape index (κ2) is 11.0. The Morgan fingerprint density at radius 1 is 1.00 bits per heavy atom. The molecule has 0 aromatic rings. The summed E-state index contributed by atoms with van der Waals surface area (Å²) in [6.07, 6.45) is 8.13. The molecular weight excluding hydrogens is 176 g/mol. The van der Waals surface area contributed by atoms with Crippen LogP contribution in [0.4, 0.5) is 0 Å². The van der Waals surface area contributed by atoms with E-state index in [0.717, 1.165) is 13.2 Å². The molecule has 0 aromatic heterocycles. The summed E-state index contributed by atoms with van der Waals surface area (Å²) < 4.78 is 10.5. The standard InChI is InChI=1S/C12H26O2/c1-4-14-12(2)10-8-6-5-7-9-11-13-3/h12H,4-11H2,1-3H3. The van der Waals surface area contributed by atoms with Crippen LogP contribution in [0.1, 0.15) is 52.4 Å². The van der Waals surface area contributed by atoms with Crippen molar-refractivity contribution in [3.8, 4) is 0 Å². The molecule has 14 heavy (non-hydrogen) atoms. The SMILES string of the molecule is CCOC(C)CCCCCCCOC. The van der Waals surface area contributed by atoms with Crippen LogP contribution >= 0.6 is 0 Å². The number of methoxy groups -OCH3 is 1. The summed E-state index contributed by atoms with van der Waals surface area (Å²) in [4.78, 5) is 0. The highest BCUT2D eigenvalue weighted by atomic mass is 16.5. The van der Waals surface area contributed by atoms with Crippen LogP contribution in [0.5, 0.6) is 0 Å². The van der Waals surface area contributed by atoms with Crippen LogP contribution in [0.15, 0.2) is 0 Å². The van der Waals surface area contributed by atoms with Crippen LogP contribution < -0.4 is 0 Å². The van der Waals surface area contributed by atoms with Gasteiger partial charge in [-0.15, -0.1) is 0 Å². The Labute approximate surface area is 89.0 Å².